The lowest BCUT2D eigenvalue weighted by molar-refractivity contribution is -0.385. The van der Waals surface area contributed by atoms with Gasteiger partial charge in [0.15, 0.2) is 0 Å². The zero-order valence-corrected chi connectivity index (χ0v) is 15.4. The van der Waals surface area contributed by atoms with Crippen LogP contribution in [0.25, 0.3) is 0 Å². The Hall–Kier alpha value is -1.86. The molecule has 0 atom stereocenters. The van der Waals surface area contributed by atoms with Gasteiger partial charge in [-0.2, -0.15) is 0 Å². The maximum Gasteiger partial charge on any atom is 0.276 e. The van der Waals surface area contributed by atoms with E-state index in [9.17, 15) is 10.1 Å². The first-order valence-corrected chi connectivity index (χ1v) is 9.00. The second-order valence-corrected chi connectivity index (χ2v) is 7.13. The molecular formula is C18H28N4O3. The zero-order chi connectivity index (χ0) is 18.0. The van der Waals surface area contributed by atoms with Crippen LogP contribution in [-0.4, -0.2) is 74.2 Å². The lowest BCUT2D eigenvalue weighted by atomic mass is 10.0. The number of benzene rings is 1. The molecule has 2 heterocycles. The van der Waals surface area contributed by atoms with Crippen LogP contribution in [0.15, 0.2) is 12.1 Å². The average Bonchev–Trinajstić information content (AvgIpc) is 2.62. The van der Waals surface area contributed by atoms with Gasteiger partial charge in [-0.3, -0.25) is 15.0 Å². The van der Waals surface area contributed by atoms with E-state index < -0.39 is 0 Å². The number of anilines is 1. The fourth-order valence-corrected chi connectivity index (χ4v) is 3.93. The smallest absolute Gasteiger partial charge is 0.276 e. The molecule has 0 bridgehead atoms. The Morgan fingerprint density at radius 2 is 1.76 bits per heavy atom. The monoisotopic (exact) mass is 348 g/mol. The van der Waals surface area contributed by atoms with Gasteiger partial charge >= 0.3 is 0 Å². The van der Waals surface area contributed by atoms with Crippen LogP contribution in [0.5, 0.6) is 5.75 Å². The number of rotatable bonds is 4. The van der Waals surface area contributed by atoms with Crippen molar-refractivity contribution in [1.82, 2.24) is 9.80 Å². The zero-order valence-electron chi connectivity index (χ0n) is 15.4. The van der Waals surface area contributed by atoms with E-state index in [1.807, 2.05) is 6.07 Å². The summed E-state index contributed by atoms with van der Waals surface area (Å²) < 4.78 is 5.44. The van der Waals surface area contributed by atoms with E-state index in [4.69, 9.17) is 4.74 Å². The third kappa shape index (κ3) is 3.88. The number of hydrogen-bond acceptors (Lipinski definition) is 6. The molecule has 0 spiro atoms. The van der Waals surface area contributed by atoms with Crippen LogP contribution in [0.3, 0.4) is 0 Å². The summed E-state index contributed by atoms with van der Waals surface area (Å²) in [4.78, 5) is 18.1. The standard InChI is InChI=1S/C18H28N4O3/c1-14-12-17(18(25-3)13-16(14)22(23)24)21-6-4-15(5-7-21)20-10-8-19(2)9-11-20/h12-13,15H,4-11H2,1-3H3. The highest BCUT2D eigenvalue weighted by atomic mass is 16.6. The van der Waals surface area contributed by atoms with Crippen LogP contribution in [-0.2, 0) is 0 Å². The SMILES string of the molecule is COc1cc([N+](=O)[O-])c(C)cc1N1CCC(N2CCN(C)CC2)CC1. The van der Waals surface area contributed by atoms with Crippen molar-refractivity contribution in [1.29, 1.82) is 0 Å². The highest BCUT2D eigenvalue weighted by Crippen LogP contribution is 2.36. The normalized spacial score (nSPS) is 20.7. The van der Waals surface area contributed by atoms with Crippen LogP contribution in [0.1, 0.15) is 18.4 Å². The van der Waals surface area contributed by atoms with Crippen molar-refractivity contribution in [3.05, 3.63) is 27.8 Å². The van der Waals surface area contributed by atoms with Gasteiger partial charge in [-0.15, -0.1) is 0 Å². The molecule has 0 aliphatic carbocycles. The first-order chi connectivity index (χ1) is 12.0. The van der Waals surface area contributed by atoms with Crippen LogP contribution in [0.2, 0.25) is 0 Å². The molecule has 0 saturated carbocycles. The van der Waals surface area contributed by atoms with Gasteiger partial charge in [0.2, 0.25) is 0 Å². The summed E-state index contributed by atoms with van der Waals surface area (Å²) in [6.45, 7) is 8.32. The van der Waals surface area contributed by atoms with E-state index in [1.165, 1.54) is 0 Å². The van der Waals surface area contributed by atoms with E-state index in [2.05, 4.69) is 21.7 Å². The van der Waals surface area contributed by atoms with Gasteiger partial charge in [-0.05, 0) is 32.9 Å². The first-order valence-electron chi connectivity index (χ1n) is 9.00. The highest BCUT2D eigenvalue weighted by molar-refractivity contribution is 5.65. The van der Waals surface area contributed by atoms with E-state index in [-0.39, 0.29) is 10.6 Å². The number of ether oxygens (including phenoxy) is 1. The number of nitrogens with zero attached hydrogens (tertiary/aromatic N) is 4. The molecule has 7 nitrogen and oxygen atoms in total. The van der Waals surface area contributed by atoms with E-state index in [0.29, 0.717) is 17.4 Å². The Balaban J connectivity index is 1.68. The predicted molar refractivity (Wildman–Crippen MR) is 98.7 cm³/mol. The van der Waals surface area contributed by atoms with Crippen LogP contribution < -0.4 is 9.64 Å². The lowest BCUT2D eigenvalue weighted by Gasteiger charge is -2.42. The molecule has 1 aromatic rings. The minimum atomic E-state index is -0.346. The van der Waals surface area contributed by atoms with Crippen molar-refractivity contribution >= 4 is 11.4 Å². The van der Waals surface area contributed by atoms with Crippen LogP contribution >= 0.6 is 0 Å². The van der Waals surface area contributed by atoms with E-state index >= 15 is 0 Å². The molecule has 2 aliphatic heterocycles. The quantitative estimate of drug-likeness (QED) is 0.614. The van der Waals surface area contributed by atoms with Gasteiger partial charge in [-0.1, -0.05) is 0 Å². The molecule has 2 aliphatic rings. The van der Waals surface area contributed by atoms with Crippen LogP contribution in [0, 0.1) is 17.0 Å². The van der Waals surface area contributed by atoms with Crippen molar-refractivity contribution in [2.24, 2.45) is 0 Å². The molecule has 0 radical (unpaired) electrons. The number of piperazine rings is 1. The van der Waals surface area contributed by atoms with Crippen LogP contribution in [0.4, 0.5) is 11.4 Å². The summed E-state index contributed by atoms with van der Waals surface area (Å²) in [5.74, 6) is 0.593. The largest absolute Gasteiger partial charge is 0.494 e. The van der Waals surface area contributed by atoms with Gasteiger partial charge in [0.1, 0.15) is 5.75 Å². The summed E-state index contributed by atoms with van der Waals surface area (Å²) in [6.07, 6.45) is 2.26. The molecule has 2 fully saturated rings. The predicted octanol–water partition coefficient (Wildman–Crippen LogP) is 2.13. The summed E-state index contributed by atoms with van der Waals surface area (Å²) in [6, 6.07) is 4.10. The highest BCUT2D eigenvalue weighted by Gasteiger charge is 2.28. The van der Waals surface area contributed by atoms with Gasteiger partial charge in [0.05, 0.1) is 23.8 Å². The number of aryl methyl sites for hydroxylation is 1. The number of nitro groups is 1. The minimum Gasteiger partial charge on any atom is -0.494 e. The average molecular weight is 348 g/mol. The molecule has 2 saturated heterocycles. The maximum absolute atomic E-state index is 11.1. The minimum absolute atomic E-state index is 0.118. The third-order valence-electron chi connectivity index (χ3n) is 5.55. The topological polar surface area (TPSA) is 62.1 Å². The fourth-order valence-electron chi connectivity index (χ4n) is 3.93. The van der Waals surface area contributed by atoms with Crippen molar-refractivity contribution in [2.75, 3.05) is 58.3 Å². The van der Waals surface area contributed by atoms with Gasteiger partial charge < -0.3 is 14.5 Å². The van der Waals surface area contributed by atoms with E-state index in [0.717, 1.165) is 57.8 Å². The number of piperidine rings is 1. The molecule has 0 unspecified atom stereocenters. The summed E-state index contributed by atoms with van der Waals surface area (Å²) in [5, 5.41) is 11.1. The Morgan fingerprint density at radius 3 is 2.32 bits per heavy atom. The molecule has 0 amide bonds. The summed E-state index contributed by atoms with van der Waals surface area (Å²) in [5.41, 5.74) is 1.78. The molecule has 1 aromatic carbocycles. The van der Waals surface area contributed by atoms with Gasteiger partial charge in [-0.25, -0.2) is 0 Å². The first kappa shape index (κ1) is 17.9. The molecular weight excluding hydrogens is 320 g/mol. The molecule has 138 valence electrons. The van der Waals surface area contributed by atoms with Crippen molar-refractivity contribution in [2.45, 2.75) is 25.8 Å². The van der Waals surface area contributed by atoms with Crippen molar-refractivity contribution in [3.8, 4) is 5.75 Å². The van der Waals surface area contributed by atoms with E-state index in [1.54, 1.807) is 20.1 Å². The molecule has 0 aromatic heterocycles. The summed E-state index contributed by atoms with van der Waals surface area (Å²) in [7, 11) is 3.76. The molecule has 3 rings (SSSR count). The lowest BCUT2D eigenvalue weighted by Crippen LogP contribution is -2.52. The second-order valence-electron chi connectivity index (χ2n) is 7.13. The number of nitro benzene ring substituents is 1. The van der Waals surface area contributed by atoms with Gasteiger partial charge in [0.25, 0.3) is 5.69 Å². The molecule has 25 heavy (non-hydrogen) atoms. The van der Waals surface area contributed by atoms with Crippen molar-refractivity contribution in [3.63, 3.8) is 0 Å². The number of methoxy groups -OCH3 is 1. The number of hydrogen-bond donors (Lipinski definition) is 0. The Morgan fingerprint density at radius 1 is 1.12 bits per heavy atom. The number of likely N-dealkylation sites (N-methyl/N-ethyl adjacent to an activating group) is 1. The Labute approximate surface area is 149 Å². The van der Waals surface area contributed by atoms with Crippen molar-refractivity contribution < 1.29 is 9.66 Å². The summed E-state index contributed by atoms with van der Waals surface area (Å²) >= 11 is 0. The Bertz CT molecular complexity index is 621. The fraction of sp³-hybridized carbons (Fsp3) is 0.667. The maximum atomic E-state index is 11.1. The third-order valence-corrected chi connectivity index (χ3v) is 5.55. The second kappa shape index (κ2) is 7.58. The molecule has 7 heteroatoms. The van der Waals surface area contributed by atoms with Gasteiger partial charge in [0, 0.05) is 50.9 Å². The molecule has 0 N–H and O–H groups in total. The Kier molecular flexibility index (Phi) is 5.44.